The Hall–Kier alpha value is -2.69. The van der Waals surface area contributed by atoms with Gasteiger partial charge in [0.2, 0.25) is 5.13 Å². The van der Waals surface area contributed by atoms with Crippen molar-refractivity contribution in [2.45, 2.75) is 39.4 Å². The Morgan fingerprint density at radius 1 is 1.37 bits per heavy atom. The Labute approximate surface area is 156 Å². The molecular weight excluding hydrogens is 383 g/mol. The van der Waals surface area contributed by atoms with E-state index in [-0.39, 0.29) is 23.1 Å². The van der Waals surface area contributed by atoms with Crippen molar-refractivity contribution in [2.24, 2.45) is 0 Å². The van der Waals surface area contributed by atoms with Crippen LogP contribution in [0.3, 0.4) is 0 Å². The molecule has 0 radical (unpaired) electrons. The zero-order valence-corrected chi connectivity index (χ0v) is 15.3. The molecule has 0 unspecified atom stereocenters. The number of aromatic nitrogens is 4. The summed E-state index contributed by atoms with van der Waals surface area (Å²) in [4.78, 5) is 16.2. The average Bonchev–Trinajstić information content (AvgIpc) is 3.31. The maximum atomic E-state index is 13.1. The van der Waals surface area contributed by atoms with Gasteiger partial charge in [0, 0.05) is 11.4 Å². The first-order valence-corrected chi connectivity index (χ1v) is 8.98. The van der Waals surface area contributed by atoms with E-state index in [4.69, 9.17) is 4.52 Å². The van der Waals surface area contributed by atoms with Gasteiger partial charge < -0.3 is 9.84 Å². The lowest BCUT2D eigenvalue weighted by Gasteiger charge is -2.07. The molecule has 27 heavy (non-hydrogen) atoms. The molecule has 0 aliphatic carbocycles. The van der Waals surface area contributed by atoms with Gasteiger partial charge in [-0.3, -0.25) is 4.79 Å². The number of carbonyl (C=O) groups excluding carboxylic acids is 1. The predicted octanol–water partition coefficient (Wildman–Crippen LogP) is 3.53. The molecule has 7 nitrogen and oxygen atoms in total. The Kier molecular flexibility index (Phi) is 5.31. The molecule has 3 heterocycles. The number of hydrogen-bond donors (Lipinski definition) is 1. The number of rotatable bonds is 6. The van der Waals surface area contributed by atoms with Crippen molar-refractivity contribution in [3.63, 3.8) is 0 Å². The quantitative estimate of drug-likeness (QED) is 0.685. The van der Waals surface area contributed by atoms with Crippen LogP contribution >= 0.6 is 11.3 Å². The van der Waals surface area contributed by atoms with E-state index in [1.165, 1.54) is 12.3 Å². The summed E-state index contributed by atoms with van der Waals surface area (Å²) < 4.78 is 45.1. The fraction of sp³-hybridized carbons (Fsp3) is 0.375. The molecule has 0 atom stereocenters. The molecule has 1 N–H and O–H groups in total. The van der Waals surface area contributed by atoms with E-state index in [9.17, 15) is 18.0 Å². The number of nitrogens with one attached hydrogen (secondary N) is 1. The van der Waals surface area contributed by atoms with Crippen LogP contribution in [0.1, 0.15) is 46.7 Å². The highest BCUT2D eigenvalue weighted by atomic mass is 32.1. The van der Waals surface area contributed by atoms with Gasteiger partial charge in [-0.2, -0.15) is 18.3 Å². The van der Waals surface area contributed by atoms with Crippen molar-refractivity contribution >= 4 is 17.2 Å². The van der Waals surface area contributed by atoms with Crippen LogP contribution in [-0.4, -0.2) is 25.8 Å². The first-order chi connectivity index (χ1) is 12.8. The average molecular weight is 399 g/mol. The van der Waals surface area contributed by atoms with Crippen molar-refractivity contribution in [3.8, 4) is 5.13 Å². The maximum absolute atomic E-state index is 13.1. The molecule has 0 spiro atoms. The molecule has 0 aliphatic heterocycles. The van der Waals surface area contributed by atoms with Gasteiger partial charge >= 0.3 is 6.18 Å². The Bertz CT molecular complexity index is 944. The third-order valence-electron chi connectivity index (χ3n) is 3.56. The first kappa shape index (κ1) is 19.1. The molecule has 3 rings (SSSR count). The van der Waals surface area contributed by atoms with Crippen molar-refractivity contribution in [3.05, 3.63) is 46.0 Å². The highest BCUT2D eigenvalue weighted by molar-refractivity contribution is 7.12. The summed E-state index contributed by atoms with van der Waals surface area (Å²) in [6.07, 6.45) is -2.87. The third kappa shape index (κ3) is 4.35. The second kappa shape index (κ2) is 7.51. The number of hydrogen-bond acceptors (Lipinski definition) is 6. The van der Waals surface area contributed by atoms with Gasteiger partial charge in [0.1, 0.15) is 5.69 Å². The number of amides is 1. The number of carbonyl (C=O) groups is 1. The van der Waals surface area contributed by atoms with Crippen LogP contribution in [0.4, 0.5) is 13.2 Å². The van der Waals surface area contributed by atoms with E-state index in [2.05, 4.69) is 20.6 Å². The van der Waals surface area contributed by atoms with Gasteiger partial charge in [0.05, 0.1) is 17.9 Å². The highest BCUT2D eigenvalue weighted by Gasteiger charge is 2.36. The van der Waals surface area contributed by atoms with Gasteiger partial charge in [-0.05, 0) is 19.4 Å². The van der Waals surface area contributed by atoms with E-state index < -0.39 is 17.8 Å². The Balaban J connectivity index is 1.71. The minimum atomic E-state index is -4.57. The molecular formula is C16H16F3N5O2S. The monoisotopic (exact) mass is 399 g/mol. The molecule has 0 fully saturated rings. The van der Waals surface area contributed by atoms with Crippen LogP contribution in [0.2, 0.25) is 0 Å². The highest BCUT2D eigenvalue weighted by Crippen LogP contribution is 2.32. The SMILES string of the molecule is CCCc1cc(CNC(=O)c2csc(-n3nc(C)cc3C(F)(F)F)n2)on1. The summed E-state index contributed by atoms with van der Waals surface area (Å²) in [5.74, 6) is -0.0345. The Morgan fingerprint density at radius 3 is 2.85 bits per heavy atom. The first-order valence-electron chi connectivity index (χ1n) is 8.10. The van der Waals surface area contributed by atoms with E-state index in [1.807, 2.05) is 6.92 Å². The van der Waals surface area contributed by atoms with Crippen LogP contribution in [0.25, 0.3) is 5.13 Å². The summed E-state index contributed by atoms with van der Waals surface area (Å²) in [6, 6.07) is 2.68. The second-order valence-electron chi connectivity index (χ2n) is 5.81. The van der Waals surface area contributed by atoms with Gasteiger partial charge in [0.25, 0.3) is 5.91 Å². The zero-order valence-electron chi connectivity index (χ0n) is 14.5. The number of thiazole rings is 1. The van der Waals surface area contributed by atoms with E-state index in [0.29, 0.717) is 10.4 Å². The minimum absolute atomic E-state index is 0.00424. The molecule has 3 aromatic rings. The largest absolute Gasteiger partial charge is 0.433 e. The van der Waals surface area contributed by atoms with Crippen LogP contribution in [0, 0.1) is 6.92 Å². The fourth-order valence-corrected chi connectivity index (χ4v) is 3.15. The zero-order chi connectivity index (χ0) is 19.6. The van der Waals surface area contributed by atoms with Crippen molar-refractivity contribution < 1.29 is 22.5 Å². The number of nitrogens with zero attached hydrogens (tertiary/aromatic N) is 4. The smallest absolute Gasteiger partial charge is 0.359 e. The molecule has 1 amide bonds. The standard InChI is InChI=1S/C16H16F3N5O2S/c1-3-4-10-6-11(26-23-10)7-20-14(25)12-8-27-15(21-12)24-13(16(17,18)19)5-9(2)22-24/h5-6,8H,3-4,7H2,1-2H3,(H,20,25). The summed E-state index contributed by atoms with van der Waals surface area (Å²) >= 11 is 0.900. The molecule has 0 saturated carbocycles. The molecule has 0 saturated heterocycles. The summed E-state index contributed by atoms with van der Waals surface area (Å²) in [6.45, 7) is 3.58. The molecule has 0 bridgehead atoms. The number of halogens is 3. The molecule has 3 aromatic heterocycles. The lowest BCUT2D eigenvalue weighted by Crippen LogP contribution is -2.23. The predicted molar refractivity (Wildman–Crippen MR) is 90.6 cm³/mol. The summed E-state index contributed by atoms with van der Waals surface area (Å²) in [5, 5.41) is 11.6. The minimum Gasteiger partial charge on any atom is -0.359 e. The summed E-state index contributed by atoms with van der Waals surface area (Å²) in [5.41, 5.74) is 0.0687. The lowest BCUT2D eigenvalue weighted by atomic mass is 10.2. The second-order valence-corrected chi connectivity index (χ2v) is 6.65. The van der Waals surface area contributed by atoms with Crippen LogP contribution in [0.5, 0.6) is 0 Å². The van der Waals surface area contributed by atoms with Crippen molar-refractivity contribution in [1.29, 1.82) is 0 Å². The van der Waals surface area contributed by atoms with Gasteiger partial charge in [-0.25, -0.2) is 9.67 Å². The van der Waals surface area contributed by atoms with E-state index >= 15 is 0 Å². The van der Waals surface area contributed by atoms with Crippen molar-refractivity contribution in [2.75, 3.05) is 0 Å². The topological polar surface area (TPSA) is 85.8 Å². The number of aryl methyl sites for hydroxylation is 2. The van der Waals surface area contributed by atoms with Crippen LogP contribution in [-0.2, 0) is 19.1 Å². The van der Waals surface area contributed by atoms with Crippen LogP contribution in [0.15, 0.2) is 22.0 Å². The molecule has 0 aromatic carbocycles. The third-order valence-corrected chi connectivity index (χ3v) is 4.38. The molecule has 144 valence electrons. The summed E-state index contributed by atoms with van der Waals surface area (Å²) in [7, 11) is 0. The Morgan fingerprint density at radius 2 is 2.15 bits per heavy atom. The van der Waals surface area contributed by atoms with Gasteiger partial charge in [-0.15, -0.1) is 11.3 Å². The van der Waals surface area contributed by atoms with E-state index in [1.54, 1.807) is 6.07 Å². The van der Waals surface area contributed by atoms with E-state index in [0.717, 1.165) is 35.9 Å². The fourth-order valence-electron chi connectivity index (χ4n) is 2.38. The maximum Gasteiger partial charge on any atom is 0.433 e. The lowest BCUT2D eigenvalue weighted by molar-refractivity contribution is -0.142. The normalized spacial score (nSPS) is 11.7. The van der Waals surface area contributed by atoms with Crippen molar-refractivity contribution in [1.82, 2.24) is 25.2 Å². The van der Waals surface area contributed by atoms with Gasteiger partial charge in [0.15, 0.2) is 11.5 Å². The molecule has 0 aliphatic rings. The molecule has 11 heteroatoms. The van der Waals surface area contributed by atoms with Gasteiger partial charge in [-0.1, -0.05) is 18.5 Å². The van der Waals surface area contributed by atoms with Crippen LogP contribution < -0.4 is 5.32 Å². The number of alkyl halides is 3.